The Morgan fingerprint density at radius 1 is 1.45 bits per heavy atom. The van der Waals surface area contributed by atoms with Crippen molar-refractivity contribution < 1.29 is 21.1 Å². The van der Waals surface area contributed by atoms with E-state index in [9.17, 15) is 0 Å². The predicted octanol–water partition coefficient (Wildman–Crippen LogP) is 2.10. The Balaban J connectivity index is 0.000001000. The summed E-state index contributed by atoms with van der Waals surface area (Å²) >= 11 is 0. The Kier molecular flexibility index (Phi) is 3.81. The Hall–Kier alpha value is -0.292. The average molecular weight is 318 g/mol. The smallest absolute Gasteiger partial charge is 0 e. The van der Waals surface area contributed by atoms with Gasteiger partial charge in [-0.1, -0.05) is 19.5 Å². The first kappa shape index (κ1) is 10.7. The van der Waals surface area contributed by atoms with Crippen molar-refractivity contribution >= 4 is 0 Å². The summed E-state index contributed by atoms with van der Waals surface area (Å²) in [5.74, 6) is 0. The minimum Gasteiger partial charge on any atom is -0.458 e. The number of hydrogen-bond donors (Lipinski definition) is 0. The van der Waals surface area contributed by atoms with E-state index in [1.165, 1.54) is 5.57 Å². The zero-order valence-corrected chi connectivity index (χ0v) is 10.1. The normalized spacial score (nSPS) is 17.0. The van der Waals surface area contributed by atoms with Crippen LogP contribution in [-0.4, -0.2) is 11.9 Å². The zero-order valence-electron chi connectivity index (χ0n) is 7.14. The molecule has 0 radical (unpaired) electrons. The first-order valence-electron chi connectivity index (χ1n) is 3.33. The third-order valence-corrected chi connectivity index (χ3v) is 1.64. The monoisotopic (exact) mass is 318 g/mol. The van der Waals surface area contributed by atoms with Gasteiger partial charge in [-0.15, -0.1) is 23.9 Å². The molecule has 0 saturated carbocycles. The van der Waals surface area contributed by atoms with Crippen LogP contribution in [0.2, 0.25) is 0 Å². The molecule has 11 heavy (non-hydrogen) atoms. The Labute approximate surface area is 82.7 Å². The van der Waals surface area contributed by atoms with E-state index in [0.717, 1.165) is 11.3 Å². The van der Waals surface area contributed by atoms with E-state index in [2.05, 4.69) is 25.8 Å². The van der Waals surface area contributed by atoms with Gasteiger partial charge in [0.2, 0.25) is 0 Å². The maximum Gasteiger partial charge on any atom is 0 e. The summed E-state index contributed by atoms with van der Waals surface area (Å²) in [4.78, 5) is 1.92. The largest absolute Gasteiger partial charge is 0.458 e. The molecule has 0 bridgehead atoms. The fourth-order valence-electron chi connectivity index (χ4n) is 1.04. The van der Waals surface area contributed by atoms with Crippen LogP contribution in [0.3, 0.4) is 0 Å². The molecule has 1 aliphatic rings. The topological polar surface area (TPSA) is 3.24 Å². The van der Waals surface area contributed by atoms with Gasteiger partial charge in [-0.05, 0) is 7.05 Å². The van der Waals surface area contributed by atoms with Crippen molar-refractivity contribution in [1.29, 1.82) is 0 Å². The third kappa shape index (κ3) is 2.34. The molecule has 0 N–H and O–H groups in total. The van der Waals surface area contributed by atoms with Gasteiger partial charge in [0.25, 0.3) is 0 Å². The number of nitrogens with zero attached hydrogens (tertiary/aromatic N) is 1. The predicted molar refractivity (Wildman–Crippen MR) is 43.1 cm³/mol. The third-order valence-electron chi connectivity index (χ3n) is 1.64. The van der Waals surface area contributed by atoms with Gasteiger partial charge in [-0.2, -0.15) is 6.08 Å². The van der Waals surface area contributed by atoms with E-state index < -0.39 is 0 Å². The molecule has 2 heteroatoms. The summed E-state index contributed by atoms with van der Waals surface area (Å²) < 4.78 is 0. The summed E-state index contributed by atoms with van der Waals surface area (Å²) in [5, 5.41) is 0. The van der Waals surface area contributed by atoms with E-state index in [-0.39, 0.29) is 21.1 Å². The summed E-state index contributed by atoms with van der Waals surface area (Å²) in [6.07, 6.45) is 5.22. The molecule has 0 aliphatic carbocycles. The van der Waals surface area contributed by atoms with Crippen LogP contribution in [0.4, 0.5) is 0 Å². The SMILES string of the molecule is C=C1C(C)=CC(C)=[C-]N1C.[W]. The van der Waals surface area contributed by atoms with E-state index in [1.807, 2.05) is 18.9 Å². The van der Waals surface area contributed by atoms with Crippen LogP contribution < -0.4 is 0 Å². The molecule has 0 fully saturated rings. The number of hydrogen-bond acceptors (Lipinski definition) is 1. The number of likely N-dealkylation sites (N-methyl/N-ethyl adjacent to an activating group) is 1. The van der Waals surface area contributed by atoms with Gasteiger partial charge in [0, 0.05) is 21.1 Å². The van der Waals surface area contributed by atoms with Crippen molar-refractivity contribution in [2.75, 3.05) is 7.05 Å². The summed E-state index contributed by atoms with van der Waals surface area (Å²) in [6, 6.07) is 0. The summed E-state index contributed by atoms with van der Waals surface area (Å²) in [5.41, 5.74) is 3.41. The number of allylic oxidation sites excluding steroid dienone is 3. The molecule has 60 valence electrons. The molecule has 0 aromatic carbocycles. The van der Waals surface area contributed by atoms with Crippen molar-refractivity contribution in [3.8, 4) is 0 Å². The van der Waals surface area contributed by atoms with Crippen LogP contribution in [0.15, 0.2) is 29.5 Å². The molecule has 1 aliphatic heterocycles. The molecular formula is C9H12NW-. The van der Waals surface area contributed by atoms with Gasteiger partial charge in [0.15, 0.2) is 0 Å². The first-order chi connectivity index (χ1) is 4.61. The second kappa shape index (κ2) is 3.92. The van der Waals surface area contributed by atoms with Crippen molar-refractivity contribution in [3.63, 3.8) is 0 Å². The van der Waals surface area contributed by atoms with Crippen LogP contribution in [0.1, 0.15) is 13.8 Å². The molecule has 0 aromatic heterocycles. The molecule has 0 amide bonds. The Bertz CT molecular complexity index is 226. The molecule has 1 heterocycles. The van der Waals surface area contributed by atoms with Crippen molar-refractivity contribution in [1.82, 2.24) is 4.90 Å². The fourth-order valence-corrected chi connectivity index (χ4v) is 1.04. The maximum atomic E-state index is 3.89. The van der Waals surface area contributed by atoms with E-state index in [4.69, 9.17) is 0 Å². The molecule has 0 atom stereocenters. The molecule has 0 aromatic rings. The van der Waals surface area contributed by atoms with Gasteiger partial charge in [0.1, 0.15) is 0 Å². The average Bonchev–Trinajstić information content (AvgIpc) is 1.82. The van der Waals surface area contributed by atoms with Crippen molar-refractivity contribution in [2.45, 2.75) is 13.8 Å². The molecular weight excluding hydrogens is 306 g/mol. The molecule has 1 rings (SSSR count). The first-order valence-corrected chi connectivity index (χ1v) is 3.33. The van der Waals surface area contributed by atoms with Crippen LogP contribution in [0, 0.1) is 6.20 Å². The van der Waals surface area contributed by atoms with Crippen LogP contribution in [0.5, 0.6) is 0 Å². The Morgan fingerprint density at radius 2 is 2.00 bits per heavy atom. The van der Waals surface area contributed by atoms with Gasteiger partial charge >= 0.3 is 0 Å². The molecule has 0 saturated heterocycles. The van der Waals surface area contributed by atoms with Crippen LogP contribution >= 0.6 is 0 Å². The minimum atomic E-state index is 0. The molecule has 0 spiro atoms. The van der Waals surface area contributed by atoms with E-state index >= 15 is 0 Å². The van der Waals surface area contributed by atoms with E-state index in [0.29, 0.717) is 0 Å². The second-order valence-electron chi connectivity index (χ2n) is 2.63. The van der Waals surface area contributed by atoms with Crippen LogP contribution in [-0.2, 0) is 21.1 Å². The van der Waals surface area contributed by atoms with Gasteiger partial charge in [-0.3, -0.25) is 0 Å². The Morgan fingerprint density at radius 3 is 2.45 bits per heavy atom. The summed E-state index contributed by atoms with van der Waals surface area (Å²) in [6.45, 7) is 7.99. The van der Waals surface area contributed by atoms with Gasteiger partial charge < -0.3 is 4.90 Å². The molecule has 0 unspecified atom stereocenters. The number of rotatable bonds is 0. The molecule has 1 nitrogen and oxygen atoms in total. The fraction of sp³-hybridized carbons (Fsp3) is 0.333. The van der Waals surface area contributed by atoms with Crippen molar-refractivity contribution in [2.24, 2.45) is 0 Å². The second-order valence-corrected chi connectivity index (χ2v) is 2.63. The minimum absolute atomic E-state index is 0. The zero-order chi connectivity index (χ0) is 7.72. The van der Waals surface area contributed by atoms with Crippen LogP contribution in [0.25, 0.3) is 0 Å². The standard InChI is InChI=1S/C9H12N.W/c1-7-5-8(2)9(3)10(4)6-7;/h5H,3H2,1-2,4H3;/q-1;. The quantitative estimate of drug-likeness (QED) is 0.618. The van der Waals surface area contributed by atoms with Gasteiger partial charge in [0.05, 0.1) is 0 Å². The summed E-state index contributed by atoms with van der Waals surface area (Å²) in [7, 11) is 1.96. The van der Waals surface area contributed by atoms with Crippen molar-refractivity contribution in [3.05, 3.63) is 35.7 Å². The van der Waals surface area contributed by atoms with E-state index in [1.54, 1.807) is 0 Å². The van der Waals surface area contributed by atoms with Gasteiger partial charge in [-0.25, -0.2) is 0 Å². The maximum absolute atomic E-state index is 3.89.